The van der Waals surface area contributed by atoms with Crippen LogP contribution in [0.1, 0.15) is 42.6 Å². The van der Waals surface area contributed by atoms with Crippen molar-refractivity contribution < 1.29 is 4.42 Å². The van der Waals surface area contributed by atoms with Crippen LogP contribution in [0.25, 0.3) is 0 Å². The lowest BCUT2D eigenvalue weighted by Gasteiger charge is -2.27. The average molecular weight is 292 g/mol. The normalized spacial score (nSPS) is 15.6. The molecule has 1 aliphatic heterocycles. The van der Waals surface area contributed by atoms with E-state index in [-0.39, 0.29) is 0 Å². The quantitative estimate of drug-likeness (QED) is 0.869. The first-order valence-electron chi connectivity index (χ1n) is 6.93. The molecule has 0 unspecified atom stereocenters. The number of aromatic nitrogens is 2. The van der Waals surface area contributed by atoms with Crippen molar-refractivity contribution in [2.45, 2.75) is 39.3 Å². The van der Waals surface area contributed by atoms with Gasteiger partial charge in [0, 0.05) is 42.9 Å². The molecule has 4 nitrogen and oxygen atoms in total. The minimum Gasteiger partial charge on any atom is -0.448 e. The first-order valence-corrected chi connectivity index (χ1v) is 7.31. The average Bonchev–Trinajstić information content (AvgIpc) is 2.83. The van der Waals surface area contributed by atoms with Gasteiger partial charge in [0.25, 0.3) is 0 Å². The molecule has 3 rings (SSSR count). The molecule has 0 saturated heterocycles. The van der Waals surface area contributed by atoms with Gasteiger partial charge in [-0.2, -0.15) is 0 Å². The molecule has 3 heterocycles. The van der Waals surface area contributed by atoms with Crippen LogP contribution in [0.4, 0.5) is 0 Å². The van der Waals surface area contributed by atoms with Gasteiger partial charge in [0.05, 0.1) is 6.54 Å². The molecule has 5 heteroatoms. The van der Waals surface area contributed by atoms with E-state index in [0.29, 0.717) is 11.1 Å². The number of halogens is 1. The highest BCUT2D eigenvalue weighted by atomic mass is 35.5. The third-order valence-corrected chi connectivity index (χ3v) is 3.76. The summed E-state index contributed by atoms with van der Waals surface area (Å²) in [6.07, 6.45) is 2.94. The standard InChI is InChI=1S/C15H18ClN3O/c1-10(2)15-17-7-11-8-19(6-5-13(11)18-15)9-12-3-4-14(16)20-12/h3-4,7,10H,5-6,8-9H2,1-2H3. The topological polar surface area (TPSA) is 42.2 Å². The number of nitrogens with zero attached hydrogens (tertiary/aromatic N) is 3. The molecule has 20 heavy (non-hydrogen) atoms. The largest absolute Gasteiger partial charge is 0.448 e. The van der Waals surface area contributed by atoms with Gasteiger partial charge in [0.2, 0.25) is 0 Å². The minimum atomic E-state index is 0.378. The third-order valence-electron chi connectivity index (χ3n) is 3.56. The van der Waals surface area contributed by atoms with Crippen LogP contribution in [-0.4, -0.2) is 21.4 Å². The maximum absolute atomic E-state index is 5.80. The number of rotatable bonds is 3. The molecule has 0 amide bonds. The Labute approximate surface area is 123 Å². The van der Waals surface area contributed by atoms with Crippen LogP contribution in [0.15, 0.2) is 22.7 Å². The summed E-state index contributed by atoms with van der Waals surface area (Å²) in [4.78, 5) is 11.5. The maximum Gasteiger partial charge on any atom is 0.193 e. The van der Waals surface area contributed by atoms with Gasteiger partial charge in [0.1, 0.15) is 11.6 Å². The molecule has 0 atom stereocenters. The molecule has 0 saturated carbocycles. The summed E-state index contributed by atoms with van der Waals surface area (Å²) in [5.74, 6) is 2.22. The lowest BCUT2D eigenvalue weighted by molar-refractivity contribution is 0.223. The number of furan rings is 1. The zero-order valence-corrected chi connectivity index (χ0v) is 12.5. The first-order chi connectivity index (χ1) is 9.61. The Hall–Kier alpha value is -1.39. The van der Waals surface area contributed by atoms with Crippen LogP contribution < -0.4 is 0 Å². The highest BCUT2D eigenvalue weighted by Gasteiger charge is 2.20. The number of hydrogen-bond acceptors (Lipinski definition) is 4. The van der Waals surface area contributed by atoms with E-state index in [1.165, 1.54) is 11.3 Å². The SMILES string of the molecule is CC(C)c1ncc2c(n1)CCN(Cc1ccc(Cl)o1)C2. The van der Waals surface area contributed by atoms with E-state index < -0.39 is 0 Å². The second-order valence-electron chi connectivity index (χ2n) is 5.52. The summed E-state index contributed by atoms with van der Waals surface area (Å²) in [5, 5.41) is 0.447. The Bertz CT molecular complexity index is 609. The maximum atomic E-state index is 5.80. The molecule has 106 valence electrons. The van der Waals surface area contributed by atoms with Crippen molar-refractivity contribution in [2.24, 2.45) is 0 Å². The molecule has 0 fully saturated rings. The fourth-order valence-electron chi connectivity index (χ4n) is 2.46. The summed E-state index contributed by atoms with van der Waals surface area (Å²) in [6, 6.07) is 3.71. The second kappa shape index (κ2) is 5.54. The van der Waals surface area contributed by atoms with Crippen molar-refractivity contribution in [3.8, 4) is 0 Å². The van der Waals surface area contributed by atoms with Gasteiger partial charge < -0.3 is 4.42 Å². The van der Waals surface area contributed by atoms with Gasteiger partial charge in [-0.15, -0.1) is 0 Å². The fraction of sp³-hybridized carbons (Fsp3) is 0.467. The van der Waals surface area contributed by atoms with Gasteiger partial charge >= 0.3 is 0 Å². The van der Waals surface area contributed by atoms with Crippen molar-refractivity contribution in [1.29, 1.82) is 0 Å². The van der Waals surface area contributed by atoms with Crippen LogP contribution in [0, 0.1) is 0 Å². The van der Waals surface area contributed by atoms with Gasteiger partial charge in [-0.05, 0) is 23.7 Å². The van der Waals surface area contributed by atoms with Crippen LogP contribution in [-0.2, 0) is 19.5 Å². The van der Waals surface area contributed by atoms with Crippen molar-refractivity contribution >= 4 is 11.6 Å². The van der Waals surface area contributed by atoms with Crippen LogP contribution in [0.5, 0.6) is 0 Å². The zero-order chi connectivity index (χ0) is 14.1. The van der Waals surface area contributed by atoms with E-state index in [0.717, 1.165) is 37.6 Å². The number of fused-ring (bicyclic) bond motifs is 1. The van der Waals surface area contributed by atoms with Gasteiger partial charge in [-0.3, -0.25) is 4.90 Å². The molecule has 0 spiro atoms. The Balaban J connectivity index is 1.72. The smallest absolute Gasteiger partial charge is 0.193 e. The summed E-state index contributed by atoms with van der Waals surface area (Å²) in [5.41, 5.74) is 2.41. The Morgan fingerprint density at radius 1 is 1.40 bits per heavy atom. The zero-order valence-electron chi connectivity index (χ0n) is 11.8. The van der Waals surface area contributed by atoms with Crippen LogP contribution in [0.3, 0.4) is 0 Å². The molecule has 0 N–H and O–H groups in total. The predicted octanol–water partition coefficient (Wildman–Crippen LogP) is 3.40. The van der Waals surface area contributed by atoms with Crippen LogP contribution >= 0.6 is 11.6 Å². The Morgan fingerprint density at radius 2 is 2.25 bits per heavy atom. The molecule has 2 aromatic rings. The molecular formula is C15H18ClN3O. The van der Waals surface area contributed by atoms with E-state index >= 15 is 0 Å². The summed E-state index contributed by atoms with van der Waals surface area (Å²) in [6.45, 7) is 6.87. The molecular weight excluding hydrogens is 274 g/mol. The molecule has 0 aliphatic carbocycles. The van der Waals surface area contributed by atoms with Gasteiger partial charge in [-0.25, -0.2) is 9.97 Å². The Kier molecular flexibility index (Phi) is 3.76. The first kappa shape index (κ1) is 13.6. The van der Waals surface area contributed by atoms with Crippen LogP contribution in [0.2, 0.25) is 5.22 Å². The third kappa shape index (κ3) is 2.86. The van der Waals surface area contributed by atoms with E-state index in [1.54, 1.807) is 6.07 Å². The van der Waals surface area contributed by atoms with Crippen molar-refractivity contribution in [1.82, 2.24) is 14.9 Å². The number of hydrogen-bond donors (Lipinski definition) is 0. The fourth-order valence-corrected chi connectivity index (χ4v) is 2.62. The molecule has 0 aromatic carbocycles. The van der Waals surface area contributed by atoms with E-state index in [2.05, 4.69) is 28.7 Å². The lowest BCUT2D eigenvalue weighted by atomic mass is 10.1. The molecule has 2 aromatic heterocycles. The lowest BCUT2D eigenvalue weighted by Crippen LogP contribution is -2.31. The highest BCUT2D eigenvalue weighted by Crippen LogP contribution is 2.22. The summed E-state index contributed by atoms with van der Waals surface area (Å²) >= 11 is 5.80. The van der Waals surface area contributed by atoms with Gasteiger partial charge in [0.15, 0.2) is 5.22 Å². The monoisotopic (exact) mass is 291 g/mol. The van der Waals surface area contributed by atoms with E-state index in [1.807, 2.05) is 12.3 Å². The van der Waals surface area contributed by atoms with E-state index in [4.69, 9.17) is 16.0 Å². The van der Waals surface area contributed by atoms with E-state index in [9.17, 15) is 0 Å². The Morgan fingerprint density at radius 3 is 2.95 bits per heavy atom. The van der Waals surface area contributed by atoms with Crippen molar-refractivity contribution in [2.75, 3.05) is 6.54 Å². The van der Waals surface area contributed by atoms with Crippen molar-refractivity contribution in [3.05, 3.63) is 46.4 Å². The summed E-state index contributed by atoms with van der Waals surface area (Å²) < 4.78 is 5.42. The molecule has 1 aliphatic rings. The highest BCUT2D eigenvalue weighted by molar-refractivity contribution is 6.28. The minimum absolute atomic E-state index is 0.378. The molecule has 0 radical (unpaired) electrons. The second-order valence-corrected chi connectivity index (χ2v) is 5.89. The predicted molar refractivity (Wildman–Crippen MR) is 77.7 cm³/mol. The summed E-state index contributed by atoms with van der Waals surface area (Å²) in [7, 11) is 0. The van der Waals surface area contributed by atoms with Crippen molar-refractivity contribution in [3.63, 3.8) is 0 Å². The van der Waals surface area contributed by atoms with Gasteiger partial charge in [-0.1, -0.05) is 13.8 Å². The molecule has 0 bridgehead atoms.